The Kier molecular flexibility index (Phi) is 2.69. The zero-order valence-corrected chi connectivity index (χ0v) is 10.0. The molecule has 0 aliphatic rings. The van der Waals surface area contributed by atoms with Crippen molar-refractivity contribution in [3.05, 3.63) is 29.4 Å². The largest absolute Gasteiger partial charge is 0.506 e. The predicted octanol–water partition coefficient (Wildman–Crippen LogP) is 2.52. The summed E-state index contributed by atoms with van der Waals surface area (Å²) >= 11 is 5.66. The minimum absolute atomic E-state index is 0.283. The number of fused-ring (bicyclic) bond motifs is 1. The highest BCUT2D eigenvalue weighted by molar-refractivity contribution is 8.14. The Labute approximate surface area is 101 Å². The first kappa shape index (κ1) is 11.4. The Balaban J connectivity index is 2.98. The second-order valence-electron chi connectivity index (χ2n) is 3.04. The summed E-state index contributed by atoms with van der Waals surface area (Å²) in [7, 11) is 1.03. The van der Waals surface area contributed by atoms with Crippen LogP contribution < -0.4 is 0 Å². The summed E-state index contributed by atoms with van der Waals surface area (Å²) in [5.41, 5.74) is 0.397. The number of hydrogen-bond donors (Lipinski definition) is 1. The van der Waals surface area contributed by atoms with Crippen LogP contribution in [0.5, 0.6) is 5.75 Å². The Morgan fingerprint density at radius 2 is 1.88 bits per heavy atom. The second kappa shape index (κ2) is 3.76. The topological polar surface area (TPSA) is 67.3 Å². The maximum atomic E-state index is 11.2. The van der Waals surface area contributed by atoms with E-state index in [9.17, 15) is 13.5 Å². The van der Waals surface area contributed by atoms with Crippen molar-refractivity contribution in [1.29, 1.82) is 0 Å². The average molecular weight is 278 g/mol. The van der Waals surface area contributed by atoms with Crippen molar-refractivity contribution in [2.75, 3.05) is 0 Å². The van der Waals surface area contributed by atoms with Crippen LogP contribution in [0.15, 0.2) is 29.2 Å². The first-order valence-corrected chi connectivity index (χ1v) is 6.82. The minimum atomic E-state index is -4.13. The van der Waals surface area contributed by atoms with Gasteiger partial charge in [0.15, 0.2) is 10.0 Å². The van der Waals surface area contributed by atoms with E-state index in [0.717, 1.165) is 0 Å². The molecule has 4 nitrogen and oxygen atoms in total. The van der Waals surface area contributed by atoms with Crippen LogP contribution in [-0.2, 0) is 9.05 Å². The molecule has 0 aliphatic heterocycles. The standard InChI is InChI=1S/C9H5Cl2NO3S/c10-9-8(16(11,14)15)7(13)5-3-1-2-4-6(5)12-9/h1-4H,(H,12,13). The van der Waals surface area contributed by atoms with Crippen molar-refractivity contribution in [3.63, 3.8) is 0 Å². The van der Waals surface area contributed by atoms with Gasteiger partial charge < -0.3 is 5.11 Å². The molecule has 0 fully saturated rings. The fourth-order valence-corrected chi connectivity index (χ4v) is 2.99. The molecular weight excluding hydrogens is 273 g/mol. The number of benzene rings is 1. The van der Waals surface area contributed by atoms with Gasteiger partial charge in [0.2, 0.25) is 0 Å². The second-order valence-corrected chi connectivity index (χ2v) is 5.90. The Hall–Kier alpha value is -1.04. The maximum absolute atomic E-state index is 11.2. The van der Waals surface area contributed by atoms with E-state index in [1.807, 2.05) is 0 Å². The van der Waals surface area contributed by atoms with Crippen LogP contribution in [0.2, 0.25) is 5.15 Å². The molecule has 2 aromatic rings. The molecule has 16 heavy (non-hydrogen) atoms. The summed E-state index contributed by atoms with van der Waals surface area (Å²) in [5.74, 6) is -0.481. The van der Waals surface area contributed by atoms with Gasteiger partial charge in [-0.25, -0.2) is 13.4 Å². The van der Waals surface area contributed by atoms with Crippen LogP contribution in [0, 0.1) is 0 Å². The van der Waals surface area contributed by atoms with Crippen molar-refractivity contribution in [2.45, 2.75) is 4.90 Å². The van der Waals surface area contributed by atoms with E-state index in [1.54, 1.807) is 18.2 Å². The highest BCUT2D eigenvalue weighted by Gasteiger charge is 2.23. The number of aromatic hydroxyl groups is 1. The number of aromatic nitrogens is 1. The van der Waals surface area contributed by atoms with Crippen LogP contribution in [0.3, 0.4) is 0 Å². The van der Waals surface area contributed by atoms with Gasteiger partial charge in [-0.15, -0.1) is 0 Å². The third kappa shape index (κ3) is 1.81. The van der Waals surface area contributed by atoms with Crippen molar-refractivity contribution in [2.24, 2.45) is 0 Å². The number of hydrogen-bond acceptors (Lipinski definition) is 4. The zero-order valence-electron chi connectivity index (χ0n) is 7.68. The molecule has 0 saturated carbocycles. The fraction of sp³-hybridized carbons (Fsp3) is 0. The fourth-order valence-electron chi connectivity index (χ4n) is 1.36. The highest BCUT2D eigenvalue weighted by atomic mass is 35.7. The molecule has 1 aromatic heterocycles. The van der Waals surface area contributed by atoms with Gasteiger partial charge in [0.1, 0.15) is 5.75 Å². The van der Waals surface area contributed by atoms with Gasteiger partial charge >= 0.3 is 0 Å². The molecule has 1 N–H and O–H groups in total. The van der Waals surface area contributed by atoms with Crippen molar-refractivity contribution in [1.82, 2.24) is 4.98 Å². The van der Waals surface area contributed by atoms with E-state index in [2.05, 4.69) is 4.98 Å². The van der Waals surface area contributed by atoms with Gasteiger partial charge in [-0.1, -0.05) is 23.7 Å². The molecule has 1 heterocycles. The number of para-hydroxylation sites is 1. The quantitative estimate of drug-likeness (QED) is 0.643. The molecular formula is C9H5Cl2NO3S. The van der Waals surface area contributed by atoms with Crippen LogP contribution >= 0.6 is 22.3 Å². The average Bonchev–Trinajstić information content (AvgIpc) is 2.15. The van der Waals surface area contributed by atoms with E-state index in [-0.39, 0.29) is 10.5 Å². The van der Waals surface area contributed by atoms with E-state index in [1.165, 1.54) is 6.07 Å². The summed E-state index contributed by atoms with van der Waals surface area (Å²) in [4.78, 5) is 3.28. The molecule has 0 spiro atoms. The van der Waals surface area contributed by atoms with Crippen LogP contribution in [-0.4, -0.2) is 18.5 Å². The van der Waals surface area contributed by atoms with E-state index in [4.69, 9.17) is 22.3 Å². The molecule has 0 radical (unpaired) electrons. The summed E-state index contributed by atoms with van der Waals surface area (Å²) < 4.78 is 22.4. The third-order valence-electron chi connectivity index (χ3n) is 2.02. The smallest absolute Gasteiger partial charge is 0.268 e. The molecule has 0 amide bonds. The van der Waals surface area contributed by atoms with Gasteiger partial charge in [-0.3, -0.25) is 0 Å². The summed E-state index contributed by atoms with van der Waals surface area (Å²) in [6.45, 7) is 0. The summed E-state index contributed by atoms with van der Waals surface area (Å²) in [6, 6.07) is 6.47. The van der Waals surface area contributed by atoms with Crippen LogP contribution in [0.25, 0.3) is 10.9 Å². The molecule has 0 aliphatic carbocycles. The van der Waals surface area contributed by atoms with Crippen molar-refractivity contribution < 1.29 is 13.5 Å². The Morgan fingerprint density at radius 1 is 1.25 bits per heavy atom. The monoisotopic (exact) mass is 277 g/mol. The van der Waals surface area contributed by atoms with Gasteiger partial charge in [0.05, 0.1) is 5.52 Å². The van der Waals surface area contributed by atoms with Gasteiger partial charge in [0, 0.05) is 16.1 Å². The lowest BCUT2D eigenvalue weighted by molar-refractivity contribution is 0.465. The van der Waals surface area contributed by atoms with Gasteiger partial charge in [-0.2, -0.15) is 0 Å². The number of halogens is 2. The van der Waals surface area contributed by atoms with Crippen LogP contribution in [0.1, 0.15) is 0 Å². The number of nitrogens with zero attached hydrogens (tertiary/aromatic N) is 1. The normalized spacial score (nSPS) is 11.9. The molecule has 1 aromatic carbocycles. The first-order valence-electron chi connectivity index (χ1n) is 4.13. The zero-order chi connectivity index (χ0) is 11.9. The first-order chi connectivity index (χ1) is 7.41. The van der Waals surface area contributed by atoms with E-state index >= 15 is 0 Å². The van der Waals surface area contributed by atoms with Crippen molar-refractivity contribution >= 4 is 42.2 Å². The molecule has 2 rings (SSSR count). The molecule has 7 heteroatoms. The van der Waals surface area contributed by atoms with E-state index in [0.29, 0.717) is 5.52 Å². The lowest BCUT2D eigenvalue weighted by Gasteiger charge is -2.06. The SMILES string of the molecule is O=S(=O)(Cl)c1c(Cl)nc2ccccc2c1O. The Bertz CT molecular complexity index is 670. The van der Waals surface area contributed by atoms with E-state index < -0.39 is 19.7 Å². The molecule has 0 unspecified atom stereocenters. The van der Waals surface area contributed by atoms with Gasteiger partial charge in [0.25, 0.3) is 9.05 Å². The lowest BCUT2D eigenvalue weighted by Crippen LogP contribution is -1.96. The molecule has 0 saturated heterocycles. The lowest BCUT2D eigenvalue weighted by atomic mass is 10.2. The molecule has 0 bridgehead atoms. The number of rotatable bonds is 1. The van der Waals surface area contributed by atoms with Crippen molar-refractivity contribution in [3.8, 4) is 5.75 Å². The predicted molar refractivity (Wildman–Crippen MR) is 61.5 cm³/mol. The Morgan fingerprint density at radius 3 is 2.50 bits per heavy atom. The minimum Gasteiger partial charge on any atom is -0.506 e. The third-order valence-corrected chi connectivity index (χ3v) is 3.75. The van der Waals surface area contributed by atoms with Crippen LogP contribution in [0.4, 0.5) is 0 Å². The van der Waals surface area contributed by atoms with Gasteiger partial charge in [-0.05, 0) is 12.1 Å². The summed E-state index contributed by atoms with van der Waals surface area (Å²) in [6.07, 6.45) is 0. The summed E-state index contributed by atoms with van der Waals surface area (Å²) in [5, 5.41) is 9.72. The molecule has 84 valence electrons. The number of pyridine rings is 1. The maximum Gasteiger partial charge on any atom is 0.268 e. The molecule has 0 atom stereocenters. The highest BCUT2D eigenvalue weighted by Crippen LogP contribution is 2.36.